The summed E-state index contributed by atoms with van der Waals surface area (Å²) in [5, 5.41) is 0. The zero-order valence-corrected chi connectivity index (χ0v) is 38.5. The molecule has 0 spiro atoms. The van der Waals surface area contributed by atoms with Crippen molar-refractivity contribution in [3.63, 3.8) is 0 Å². The standard InChI is InChI=1S/C46H92NO8P/c1-6-8-10-12-14-16-18-19-20-21-22-23-24-25-26-27-29-30-32-34-36-38-45(48)52-42-44(43-54-56(50,51)53-41-40-47(3,4)5)55-46(49)39-37-35-33-31-28-17-15-13-11-9-7-2/h44H,6-43H2,1-5H3/p+1. The van der Waals surface area contributed by atoms with Crippen molar-refractivity contribution in [3.05, 3.63) is 0 Å². The van der Waals surface area contributed by atoms with Gasteiger partial charge in [-0.2, -0.15) is 0 Å². The van der Waals surface area contributed by atoms with Gasteiger partial charge in [0.2, 0.25) is 0 Å². The largest absolute Gasteiger partial charge is 0.472 e. The van der Waals surface area contributed by atoms with Crippen LogP contribution in [0, 0.1) is 0 Å². The molecule has 0 aliphatic heterocycles. The van der Waals surface area contributed by atoms with Crippen LogP contribution in [0.25, 0.3) is 0 Å². The fourth-order valence-corrected chi connectivity index (χ4v) is 7.64. The minimum absolute atomic E-state index is 0.0368. The normalized spacial score (nSPS) is 13.5. The van der Waals surface area contributed by atoms with Crippen LogP contribution in [0.15, 0.2) is 0 Å². The van der Waals surface area contributed by atoms with Crippen LogP contribution < -0.4 is 0 Å². The molecule has 0 rings (SSSR count). The fraction of sp³-hybridized carbons (Fsp3) is 0.957. The number of phosphoric ester groups is 1. The number of carbonyl (C=O) groups is 2. The second-order valence-corrected chi connectivity index (χ2v) is 19.0. The van der Waals surface area contributed by atoms with Crippen molar-refractivity contribution in [2.24, 2.45) is 0 Å². The van der Waals surface area contributed by atoms with E-state index in [1.165, 1.54) is 167 Å². The van der Waals surface area contributed by atoms with E-state index in [2.05, 4.69) is 13.8 Å². The molecule has 0 bridgehead atoms. The number of quaternary nitrogens is 1. The molecular weight excluding hydrogens is 725 g/mol. The maximum atomic E-state index is 12.7. The van der Waals surface area contributed by atoms with Crippen molar-refractivity contribution in [2.45, 2.75) is 238 Å². The Morgan fingerprint density at radius 2 is 0.804 bits per heavy atom. The first-order chi connectivity index (χ1) is 27.0. The summed E-state index contributed by atoms with van der Waals surface area (Å²) in [6.45, 7) is 4.46. The van der Waals surface area contributed by atoms with Gasteiger partial charge in [0.25, 0.3) is 0 Å². The molecule has 10 heteroatoms. The van der Waals surface area contributed by atoms with Crippen molar-refractivity contribution in [3.8, 4) is 0 Å². The van der Waals surface area contributed by atoms with Gasteiger partial charge in [-0.15, -0.1) is 0 Å². The molecule has 0 aromatic heterocycles. The Hall–Kier alpha value is -0.990. The number of nitrogens with zero attached hydrogens (tertiary/aromatic N) is 1. The molecule has 0 aromatic carbocycles. The molecule has 56 heavy (non-hydrogen) atoms. The van der Waals surface area contributed by atoms with Crippen LogP contribution in [0.3, 0.4) is 0 Å². The average molecular weight is 819 g/mol. The lowest BCUT2D eigenvalue weighted by Crippen LogP contribution is -2.37. The summed E-state index contributed by atoms with van der Waals surface area (Å²) in [4.78, 5) is 35.4. The van der Waals surface area contributed by atoms with Crippen LogP contribution in [0.1, 0.15) is 232 Å². The van der Waals surface area contributed by atoms with E-state index in [0.717, 1.165) is 38.5 Å². The summed E-state index contributed by atoms with van der Waals surface area (Å²) in [7, 11) is 1.49. The number of unbranched alkanes of at least 4 members (excludes halogenated alkanes) is 30. The van der Waals surface area contributed by atoms with E-state index in [-0.39, 0.29) is 25.6 Å². The van der Waals surface area contributed by atoms with Gasteiger partial charge in [0.1, 0.15) is 19.8 Å². The first kappa shape index (κ1) is 55.0. The van der Waals surface area contributed by atoms with Gasteiger partial charge in [0.15, 0.2) is 6.10 Å². The van der Waals surface area contributed by atoms with Crippen molar-refractivity contribution in [2.75, 3.05) is 47.5 Å². The van der Waals surface area contributed by atoms with E-state index in [1.54, 1.807) is 0 Å². The summed E-state index contributed by atoms with van der Waals surface area (Å²) >= 11 is 0. The maximum absolute atomic E-state index is 12.7. The topological polar surface area (TPSA) is 108 Å². The smallest absolute Gasteiger partial charge is 0.462 e. The molecule has 0 aliphatic carbocycles. The lowest BCUT2D eigenvalue weighted by molar-refractivity contribution is -0.870. The molecule has 0 fully saturated rings. The molecule has 2 unspecified atom stereocenters. The number of carbonyl (C=O) groups excluding carboxylic acids is 2. The Kier molecular flexibility index (Phi) is 38.8. The predicted molar refractivity (Wildman–Crippen MR) is 234 cm³/mol. The molecule has 2 atom stereocenters. The highest BCUT2D eigenvalue weighted by atomic mass is 31.2. The zero-order valence-electron chi connectivity index (χ0n) is 37.6. The first-order valence-electron chi connectivity index (χ1n) is 23.8. The van der Waals surface area contributed by atoms with Crippen molar-refractivity contribution >= 4 is 19.8 Å². The summed E-state index contributed by atoms with van der Waals surface area (Å²) in [5.74, 6) is -0.783. The number of hydrogen-bond donors (Lipinski definition) is 1. The maximum Gasteiger partial charge on any atom is 0.472 e. The van der Waals surface area contributed by atoms with E-state index in [1.807, 2.05) is 21.1 Å². The quantitative estimate of drug-likeness (QED) is 0.0280. The molecular formula is C46H93NO8P+. The Morgan fingerprint density at radius 1 is 0.482 bits per heavy atom. The second kappa shape index (κ2) is 39.5. The van der Waals surface area contributed by atoms with Crippen LogP contribution >= 0.6 is 7.82 Å². The van der Waals surface area contributed by atoms with Gasteiger partial charge in [0, 0.05) is 12.8 Å². The molecule has 0 amide bonds. The van der Waals surface area contributed by atoms with Crippen LogP contribution in [-0.4, -0.2) is 74.9 Å². The van der Waals surface area contributed by atoms with Gasteiger partial charge in [-0.25, -0.2) is 4.57 Å². The molecule has 0 saturated heterocycles. The number of rotatable bonds is 44. The zero-order chi connectivity index (χ0) is 41.4. The van der Waals surface area contributed by atoms with E-state index in [9.17, 15) is 19.0 Å². The van der Waals surface area contributed by atoms with Gasteiger partial charge in [-0.1, -0.05) is 206 Å². The minimum Gasteiger partial charge on any atom is -0.462 e. The summed E-state index contributed by atoms with van der Waals surface area (Å²) < 4.78 is 34.3. The number of likely N-dealkylation sites (N-methyl/N-ethyl adjacent to an activating group) is 1. The summed E-state index contributed by atoms with van der Waals surface area (Å²) in [6.07, 6.45) is 40.1. The van der Waals surface area contributed by atoms with Crippen LogP contribution in [0.4, 0.5) is 0 Å². The summed E-state index contributed by atoms with van der Waals surface area (Å²) in [5.41, 5.74) is 0. The van der Waals surface area contributed by atoms with Gasteiger partial charge in [0.05, 0.1) is 27.7 Å². The Bertz CT molecular complexity index is 927. The highest BCUT2D eigenvalue weighted by molar-refractivity contribution is 7.47. The third-order valence-corrected chi connectivity index (χ3v) is 11.6. The Balaban J connectivity index is 4.16. The second-order valence-electron chi connectivity index (χ2n) is 17.5. The van der Waals surface area contributed by atoms with Gasteiger partial charge in [-0.3, -0.25) is 18.6 Å². The molecule has 0 aliphatic rings. The molecule has 334 valence electrons. The molecule has 0 aromatic rings. The minimum atomic E-state index is -4.36. The summed E-state index contributed by atoms with van der Waals surface area (Å²) in [6, 6.07) is 0. The van der Waals surface area contributed by atoms with Gasteiger partial charge in [-0.05, 0) is 12.8 Å². The van der Waals surface area contributed by atoms with E-state index in [0.29, 0.717) is 17.4 Å². The van der Waals surface area contributed by atoms with Crippen molar-refractivity contribution < 1.29 is 42.1 Å². The third-order valence-electron chi connectivity index (χ3n) is 10.6. The van der Waals surface area contributed by atoms with E-state index < -0.39 is 26.5 Å². The highest BCUT2D eigenvalue weighted by Gasteiger charge is 2.27. The van der Waals surface area contributed by atoms with Crippen molar-refractivity contribution in [1.29, 1.82) is 0 Å². The van der Waals surface area contributed by atoms with E-state index >= 15 is 0 Å². The number of hydrogen-bond acceptors (Lipinski definition) is 7. The van der Waals surface area contributed by atoms with Crippen LogP contribution in [0.2, 0.25) is 0 Å². The number of esters is 2. The Morgan fingerprint density at radius 3 is 1.14 bits per heavy atom. The third kappa shape index (κ3) is 42.6. The highest BCUT2D eigenvalue weighted by Crippen LogP contribution is 2.43. The predicted octanol–water partition coefficient (Wildman–Crippen LogP) is 13.6. The fourth-order valence-electron chi connectivity index (χ4n) is 6.90. The first-order valence-corrected chi connectivity index (χ1v) is 25.3. The average Bonchev–Trinajstić information content (AvgIpc) is 3.15. The molecule has 0 heterocycles. The Labute approximate surface area is 346 Å². The number of phosphoric acid groups is 1. The van der Waals surface area contributed by atoms with E-state index in [4.69, 9.17) is 18.5 Å². The molecule has 1 N–H and O–H groups in total. The van der Waals surface area contributed by atoms with Crippen LogP contribution in [-0.2, 0) is 32.7 Å². The van der Waals surface area contributed by atoms with Gasteiger partial charge >= 0.3 is 19.8 Å². The SMILES string of the molecule is CCCCCCCCCCCCCCCCCCCCCCCC(=O)OCC(COP(=O)(O)OCC[N+](C)(C)C)OC(=O)CCCCCCCCCCCCC. The van der Waals surface area contributed by atoms with Crippen LogP contribution in [0.5, 0.6) is 0 Å². The van der Waals surface area contributed by atoms with Crippen molar-refractivity contribution in [1.82, 2.24) is 0 Å². The molecule has 9 nitrogen and oxygen atoms in total. The molecule has 0 radical (unpaired) electrons. The van der Waals surface area contributed by atoms with Gasteiger partial charge < -0.3 is 18.9 Å². The lowest BCUT2D eigenvalue weighted by Gasteiger charge is -2.24. The number of ether oxygens (including phenoxy) is 2. The monoisotopic (exact) mass is 819 g/mol. The lowest BCUT2D eigenvalue weighted by atomic mass is 10.0. The molecule has 0 saturated carbocycles.